The summed E-state index contributed by atoms with van der Waals surface area (Å²) in [5.41, 5.74) is 3.13. The molecule has 15 heavy (non-hydrogen) atoms. The van der Waals surface area contributed by atoms with Crippen LogP contribution in [0, 0.1) is 13.8 Å². The van der Waals surface area contributed by atoms with Crippen molar-refractivity contribution >= 4 is 10.9 Å². The second-order valence-corrected chi connectivity index (χ2v) is 3.67. The van der Waals surface area contributed by atoms with Crippen molar-refractivity contribution in [3.8, 4) is 5.75 Å². The summed E-state index contributed by atoms with van der Waals surface area (Å²) in [6.45, 7) is 6.72. The van der Waals surface area contributed by atoms with Gasteiger partial charge < -0.3 is 4.74 Å². The first-order chi connectivity index (χ1) is 7.22. The van der Waals surface area contributed by atoms with Crippen molar-refractivity contribution in [1.29, 1.82) is 0 Å². The summed E-state index contributed by atoms with van der Waals surface area (Å²) in [7, 11) is 0. The third kappa shape index (κ3) is 1.80. The fraction of sp³-hybridized carbons (Fsp3) is 0.308. The number of benzene rings is 1. The van der Waals surface area contributed by atoms with Gasteiger partial charge in [-0.05, 0) is 32.4 Å². The topological polar surface area (TPSA) is 22.1 Å². The molecule has 1 aromatic carbocycles. The van der Waals surface area contributed by atoms with Crippen molar-refractivity contribution in [2.24, 2.45) is 0 Å². The average Bonchev–Trinajstić information content (AvgIpc) is 2.23. The molecule has 2 nitrogen and oxygen atoms in total. The van der Waals surface area contributed by atoms with Gasteiger partial charge in [-0.2, -0.15) is 0 Å². The second-order valence-electron chi connectivity index (χ2n) is 3.67. The van der Waals surface area contributed by atoms with Gasteiger partial charge in [0.25, 0.3) is 0 Å². The van der Waals surface area contributed by atoms with E-state index >= 15 is 0 Å². The predicted octanol–water partition coefficient (Wildman–Crippen LogP) is 3.25. The number of ether oxygens (including phenoxy) is 1. The number of aromatic nitrogens is 1. The van der Waals surface area contributed by atoms with Crippen LogP contribution in [0.2, 0.25) is 0 Å². The highest BCUT2D eigenvalue weighted by Crippen LogP contribution is 2.27. The fourth-order valence-corrected chi connectivity index (χ4v) is 1.69. The molecule has 1 aromatic heterocycles. The molecular weight excluding hydrogens is 186 g/mol. The number of fused-ring (bicyclic) bond motifs is 1. The van der Waals surface area contributed by atoms with Crippen molar-refractivity contribution in [1.82, 2.24) is 4.98 Å². The molecule has 0 aliphatic carbocycles. The molecule has 1 heterocycles. The SMILES string of the molecule is CCOc1c(C)ccc2ccc(C)nc12. The number of aryl methyl sites for hydroxylation is 2. The van der Waals surface area contributed by atoms with Gasteiger partial charge in [-0.1, -0.05) is 18.2 Å². The van der Waals surface area contributed by atoms with Crippen LogP contribution in [0.4, 0.5) is 0 Å². The minimum absolute atomic E-state index is 0.676. The molecule has 0 aliphatic rings. The van der Waals surface area contributed by atoms with E-state index in [-0.39, 0.29) is 0 Å². The van der Waals surface area contributed by atoms with E-state index in [9.17, 15) is 0 Å². The minimum Gasteiger partial charge on any atom is -0.491 e. The molecule has 2 rings (SSSR count). The predicted molar refractivity (Wildman–Crippen MR) is 62.4 cm³/mol. The Hall–Kier alpha value is -1.57. The van der Waals surface area contributed by atoms with Gasteiger partial charge in [-0.3, -0.25) is 0 Å². The Kier molecular flexibility index (Phi) is 2.58. The molecule has 0 unspecified atom stereocenters. The van der Waals surface area contributed by atoms with Crippen LogP contribution < -0.4 is 4.74 Å². The molecule has 0 fully saturated rings. The normalized spacial score (nSPS) is 10.6. The largest absolute Gasteiger partial charge is 0.491 e. The monoisotopic (exact) mass is 201 g/mol. The van der Waals surface area contributed by atoms with E-state index < -0.39 is 0 Å². The standard InChI is InChI=1S/C13H15NO/c1-4-15-13-9(2)5-7-11-8-6-10(3)14-12(11)13/h5-8H,4H2,1-3H3. The fourth-order valence-electron chi connectivity index (χ4n) is 1.69. The lowest BCUT2D eigenvalue weighted by molar-refractivity contribution is 0.341. The summed E-state index contributed by atoms with van der Waals surface area (Å²) in [5.74, 6) is 0.915. The van der Waals surface area contributed by atoms with E-state index in [0.717, 1.165) is 27.9 Å². The van der Waals surface area contributed by atoms with Crippen LogP contribution in [0.1, 0.15) is 18.2 Å². The number of nitrogens with zero attached hydrogens (tertiary/aromatic N) is 1. The van der Waals surface area contributed by atoms with Crippen molar-refractivity contribution in [3.05, 3.63) is 35.5 Å². The Morgan fingerprint density at radius 3 is 2.60 bits per heavy atom. The van der Waals surface area contributed by atoms with E-state index in [1.807, 2.05) is 19.9 Å². The third-order valence-electron chi connectivity index (χ3n) is 2.44. The van der Waals surface area contributed by atoms with Crippen LogP contribution in [-0.2, 0) is 0 Å². The molecule has 0 spiro atoms. The Morgan fingerprint density at radius 2 is 1.87 bits per heavy atom. The Balaban J connectivity index is 2.72. The van der Waals surface area contributed by atoms with Crippen molar-refractivity contribution < 1.29 is 4.74 Å². The van der Waals surface area contributed by atoms with Crippen LogP contribution in [0.15, 0.2) is 24.3 Å². The van der Waals surface area contributed by atoms with Gasteiger partial charge in [-0.15, -0.1) is 0 Å². The van der Waals surface area contributed by atoms with Gasteiger partial charge in [0.1, 0.15) is 11.3 Å². The van der Waals surface area contributed by atoms with Gasteiger partial charge in [0.05, 0.1) is 6.61 Å². The first kappa shape index (κ1) is 9.97. The van der Waals surface area contributed by atoms with Gasteiger partial charge in [0, 0.05) is 11.1 Å². The summed E-state index contributed by atoms with van der Waals surface area (Å²) in [5, 5.41) is 1.13. The summed E-state index contributed by atoms with van der Waals surface area (Å²) in [4.78, 5) is 4.53. The highest BCUT2D eigenvalue weighted by molar-refractivity contribution is 5.85. The molecule has 0 atom stereocenters. The van der Waals surface area contributed by atoms with Gasteiger partial charge in [0.2, 0.25) is 0 Å². The van der Waals surface area contributed by atoms with Crippen LogP contribution in [-0.4, -0.2) is 11.6 Å². The summed E-state index contributed by atoms with van der Waals surface area (Å²) in [6, 6.07) is 8.26. The molecule has 0 aliphatic heterocycles. The zero-order valence-electron chi connectivity index (χ0n) is 9.37. The molecule has 78 valence electrons. The molecule has 2 heteroatoms. The van der Waals surface area contributed by atoms with E-state index in [1.54, 1.807) is 0 Å². The first-order valence-corrected chi connectivity index (χ1v) is 5.22. The smallest absolute Gasteiger partial charge is 0.148 e. The number of pyridine rings is 1. The lowest BCUT2D eigenvalue weighted by Gasteiger charge is -2.10. The van der Waals surface area contributed by atoms with E-state index in [1.165, 1.54) is 0 Å². The first-order valence-electron chi connectivity index (χ1n) is 5.22. The molecule has 0 N–H and O–H groups in total. The van der Waals surface area contributed by atoms with E-state index in [4.69, 9.17) is 4.74 Å². The van der Waals surface area contributed by atoms with Gasteiger partial charge in [0.15, 0.2) is 0 Å². The third-order valence-corrected chi connectivity index (χ3v) is 2.44. The number of hydrogen-bond donors (Lipinski definition) is 0. The van der Waals surface area contributed by atoms with Gasteiger partial charge >= 0.3 is 0 Å². The van der Waals surface area contributed by atoms with Crippen LogP contribution in [0.3, 0.4) is 0 Å². The number of rotatable bonds is 2. The number of hydrogen-bond acceptors (Lipinski definition) is 2. The average molecular weight is 201 g/mol. The molecule has 2 aromatic rings. The molecule has 0 amide bonds. The molecule has 0 saturated heterocycles. The molecular formula is C13H15NO. The lowest BCUT2D eigenvalue weighted by Crippen LogP contribution is -1.96. The Bertz CT molecular complexity index is 486. The van der Waals surface area contributed by atoms with E-state index in [2.05, 4.69) is 30.1 Å². The van der Waals surface area contributed by atoms with Crippen molar-refractivity contribution in [3.63, 3.8) is 0 Å². The van der Waals surface area contributed by atoms with Crippen LogP contribution >= 0.6 is 0 Å². The van der Waals surface area contributed by atoms with Crippen molar-refractivity contribution in [2.75, 3.05) is 6.61 Å². The highest BCUT2D eigenvalue weighted by Gasteiger charge is 2.06. The molecule has 0 radical (unpaired) electrons. The summed E-state index contributed by atoms with van der Waals surface area (Å²) in [6.07, 6.45) is 0. The maximum Gasteiger partial charge on any atom is 0.148 e. The second kappa shape index (κ2) is 3.89. The highest BCUT2D eigenvalue weighted by atomic mass is 16.5. The van der Waals surface area contributed by atoms with Crippen LogP contribution in [0.25, 0.3) is 10.9 Å². The summed E-state index contributed by atoms with van der Waals surface area (Å²) < 4.78 is 5.64. The quantitative estimate of drug-likeness (QED) is 0.744. The van der Waals surface area contributed by atoms with Crippen LogP contribution in [0.5, 0.6) is 5.75 Å². The molecule has 0 bridgehead atoms. The van der Waals surface area contributed by atoms with Crippen molar-refractivity contribution in [2.45, 2.75) is 20.8 Å². The maximum atomic E-state index is 5.64. The van der Waals surface area contributed by atoms with E-state index in [0.29, 0.717) is 6.61 Å². The Morgan fingerprint density at radius 1 is 1.13 bits per heavy atom. The zero-order chi connectivity index (χ0) is 10.8. The summed E-state index contributed by atoms with van der Waals surface area (Å²) >= 11 is 0. The van der Waals surface area contributed by atoms with Gasteiger partial charge in [-0.25, -0.2) is 4.98 Å². The lowest BCUT2D eigenvalue weighted by atomic mass is 10.1. The molecule has 0 saturated carbocycles. The minimum atomic E-state index is 0.676. The maximum absolute atomic E-state index is 5.64. The zero-order valence-corrected chi connectivity index (χ0v) is 9.37. The Labute approximate surface area is 89.9 Å².